The third-order valence-corrected chi connectivity index (χ3v) is 8.32. The maximum absolute atomic E-state index is 13.4. The number of aliphatic hydroxyl groups is 1. The van der Waals surface area contributed by atoms with E-state index in [1.807, 2.05) is 0 Å². The van der Waals surface area contributed by atoms with E-state index in [9.17, 15) is 27.9 Å². The van der Waals surface area contributed by atoms with Gasteiger partial charge in [0, 0.05) is 26.1 Å². The molecule has 1 aromatic carbocycles. The molecule has 2 saturated heterocycles. The Labute approximate surface area is 230 Å². The normalized spacial score (nSPS) is 21.5. The summed E-state index contributed by atoms with van der Waals surface area (Å²) in [5.41, 5.74) is -0.0921. The molecule has 0 radical (unpaired) electrons. The molecule has 0 saturated carbocycles. The fraction of sp³-hybridized carbons (Fsp3) is 0.667. The molecule has 11 nitrogen and oxygen atoms in total. The average Bonchev–Trinajstić information content (AvgIpc) is 3.04. The van der Waals surface area contributed by atoms with Crippen LogP contribution in [0.5, 0.6) is 0 Å². The van der Waals surface area contributed by atoms with Gasteiger partial charge in [0.05, 0.1) is 49.3 Å². The molecule has 3 rings (SSSR count). The Bertz CT molecular complexity index is 1080. The zero-order valence-electron chi connectivity index (χ0n) is 23.0. The molecule has 0 bridgehead atoms. The molecule has 1 aromatic rings. The number of hydrogen-bond donors (Lipinski definition) is 2. The zero-order valence-corrected chi connectivity index (χ0v) is 23.8. The topological polar surface area (TPSA) is 143 Å². The van der Waals surface area contributed by atoms with E-state index in [2.05, 4.69) is 5.32 Å². The minimum Gasteiger partial charge on any atom is -0.444 e. The zero-order chi connectivity index (χ0) is 28.6. The van der Waals surface area contributed by atoms with Crippen molar-refractivity contribution in [1.29, 1.82) is 0 Å². The van der Waals surface area contributed by atoms with Gasteiger partial charge >= 0.3 is 6.09 Å². The molecule has 3 amide bonds. The number of β-amino-alcohol motifs (C(OH)–C–C–N with tert-alkyl or cyclic N) is 1. The van der Waals surface area contributed by atoms with Crippen molar-refractivity contribution >= 4 is 27.7 Å². The number of aliphatic hydroxyl groups excluding tert-OH is 1. The Morgan fingerprint density at radius 1 is 1.10 bits per heavy atom. The molecule has 2 aliphatic heterocycles. The number of nitrogens with one attached hydrogen (secondary N) is 1. The Morgan fingerprint density at radius 2 is 1.77 bits per heavy atom. The van der Waals surface area contributed by atoms with Crippen LogP contribution in [0.25, 0.3) is 0 Å². The standard InChI is InChI=1S/C27H41N3O8S/c1-27(2,3)38-26(34)30-11-7-10-22(23(31)17-30)28-25(33)21(16-24(32)29-12-14-37-15-13-29)19-39(35,36)18-20-8-5-4-6-9-20/h4-6,8-9,21-23,31H,7,10-19H2,1-3H3,(H,28,33). The van der Waals surface area contributed by atoms with E-state index >= 15 is 0 Å². The van der Waals surface area contributed by atoms with Crippen LogP contribution in [0.15, 0.2) is 30.3 Å². The van der Waals surface area contributed by atoms with Crippen molar-refractivity contribution in [3.8, 4) is 0 Å². The highest BCUT2D eigenvalue weighted by atomic mass is 32.2. The summed E-state index contributed by atoms with van der Waals surface area (Å²) in [5.74, 6) is -2.81. The van der Waals surface area contributed by atoms with Crippen molar-refractivity contribution in [2.75, 3.05) is 45.1 Å². The van der Waals surface area contributed by atoms with Crippen LogP contribution in [-0.4, -0.2) is 104 Å². The monoisotopic (exact) mass is 567 g/mol. The molecule has 0 aliphatic carbocycles. The van der Waals surface area contributed by atoms with Gasteiger partial charge in [0.1, 0.15) is 5.60 Å². The van der Waals surface area contributed by atoms with Gasteiger partial charge in [0.15, 0.2) is 9.84 Å². The number of amides is 3. The highest BCUT2D eigenvalue weighted by Gasteiger charge is 2.35. The molecule has 12 heteroatoms. The second-order valence-corrected chi connectivity index (χ2v) is 13.3. The average molecular weight is 568 g/mol. The van der Waals surface area contributed by atoms with Gasteiger partial charge in [-0.25, -0.2) is 13.2 Å². The molecule has 2 aliphatic rings. The Kier molecular flexibility index (Phi) is 10.7. The lowest BCUT2D eigenvalue weighted by atomic mass is 10.0. The van der Waals surface area contributed by atoms with E-state index in [0.29, 0.717) is 51.3 Å². The summed E-state index contributed by atoms with van der Waals surface area (Å²) in [5, 5.41) is 13.6. The summed E-state index contributed by atoms with van der Waals surface area (Å²) in [7, 11) is -3.74. The maximum atomic E-state index is 13.4. The molecule has 2 fully saturated rings. The number of carbonyl (C=O) groups excluding carboxylic acids is 3. The Hall–Kier alpha value is -2.70. The van der Waals surface area contributed by atoms with Gasteiger partial charge in [0.25, 0.3) is 0 Å². The van der Waals surface area contributed by atoms with Crippen LogP contribution in [0.3, 0.4) is 0 Å². The predicted molar refractivity (Wildman–Crippen MR) is 144 cm³/mol. The predicted octanol–water partition coefficient (Wildman–Crippen LogP) is 1.34. The number of carbonyl (C=O) groups is 3. The number of benzene rings is 1. The third-order valence-electron chi connectivity index (χ3n) is 6.63. The summed E-state index contributed by atoms with van der Waals surface area (Å²) < 4.78 is 36.9. The summed E-state index contributed by atoms with van der Waals surface area (Å²) in [6.45, 7) is 7.11. The number of ether oxygens (including phenoxy) is 2. The van der Waals surface area contributed by atoms with Crippen molar-refractivity contribution in [3.63, 3.8) is 0 Å². The highest BCUT2D eigenvalue weighted by Crippen LogP contribution is 2.19. The molecule has 0 spiro atoms. The second kappa shape index (κ2) is 13.6. The second-order valence-electron chi connectivity index (χ2n) is 11.2. The van der Waals surface area contributed by atoms with E-state index in [1.165, 1.54) is 4.90 Å². The lowest BCUT2D eigenvalue weighted by Crippen LogP contribution is -2.50. The molecule has 3 unspecified atom stereocenters. The fourth-order valence-corrected chi connectivity index (χ4v) is 6.37. The largest absolute Gasteiger partial charge is 0.444 e. The number of morpholine rings is 1. The minimum absolute atomic E-state index is 0.0382. The van der Waals surface area contributed by atoms with Gasteiger partial charge in [0.2, 0.25) is 11.8 Å². The SMILES string of the molecule is CC(C)(C)OC(=O)N1CCCC(NC(=O)C(CC(=O)N2CCOCC2)CS(=O)(=O)Cc2ccccc2)C(O)C1. The van der Waals surface area contributed by atoms with Crippen LogP contribution in [0, 0.1) is 5.92 Å². The van der Waals surface area contributed by atoms with Crippen molar-refractivity contribution in [3.05, 3.63) is 35.9 Å². The van der Waals surface area contributed by atoms with Crippen LogP contribution in [0.4, 0.5) is 4.79 Å². The minimum atomic E-state index is -3.74. The molecule has 39 heavy (non-hydrogen) atoms. The summed E-state index contributed by atoms with van der Waals surface area (Å²) in [6.07, 6.45) is -1.01. The fourth-order valence-electron chi connectivity index (χ4n) is 4.67. The summed E-state index contributed by atoms with van der Waals surface area (Å²) in [6, 6.07) is 7.96. The van der Waals surface area contributed by atoms with Gasteiger partial charge in [-0.3, -0.25) is 9.59 Å². The van der Waals surface area contributed by atoms with Crippen LogP contribution >= 0.6 is 0 Å². The Morgan fingerprint density at radius 3 is 2.41 bits per heavy atom. The third kappa shape index (κ3) is 10.1. The molecule has 218 valence electrons. The quantitative estimate of drug-likeness (QED) is 0.479. The number of sulfone groups is 1. The summed E-state index contributed by atoms with van der Waals surface area (Å²) in [4.78, 5) is 41.9. The van der Waals surface area contributed by atoms with E-state index in [-0.39, 0.29) is 24.6 Å². The number of nitrogens with zero attached hydrogens (tertiary/aromatic N) is 2. The smallest absolute Gasteiger partial charge is 0.410 e. The first-order chi connectivity index (χ1) is 18.3. The molecule has 2 N–H and O–H groups in total. The Balaban J connectivity index is 1.70. The molecule has 0 aromatic heterocycles. The first kappa shape index (κ1) is 30.8. The maximum Gasteiger partial charge on any atom is 0.410 e. The number of hydrogen-bond acceptors (Lipinski definition) is 8. The lowest BCUT2D eigenvalue weighted by molar-refractivity contribution is -0.139. The van der Waals surface area contributed by atoms with Crippen molar-refractivity contribution in [1.82, 2.24) is 15.1 Å². The molecular weight excluding hydrogens is 526 g/mol. The van der Waals surface area contributed by atoms with Crippen molar-refractivity contribution in [2.24, 2.45) is 5.92 Å². The van der Waals surface area contributed by atoms with Gasteiger partial charge in [-0.15, -0.1) is 0 Å². The molecular formula is C27H41N3O8S. The van der Waals surface area contributed by atoms with Gasteiger partial charge in [-0.05, 0) is 39.2 Å². The molecule has 2 heterocycles. The van der Waals surface area contributed by atoms with Crippen LogP contribution in [0.1, 0.15) is 45.6 Å². The van der Waals surface area contributed by atoms with Crippen LogP contribution in [-0.2, 0) is 34.7 Å². The van der Waals surface area contributed by atoms with Crippen LogP contribution in [0.2, 0.25) is 0 Å². The number of likely N-dealkylation sites (tertiary alicyclic amines) is 1. The van der Waals surface area contributed by atoms with Crippen molar-refractivity contribution in [2.45, 2.75) is 63.5 Å². The van der Waals surface area contributed by atoms with Gasteiger partial charge in [-0.2, -0.15) is 0 Å². The van der Waals surface area contributed by atoms with Crippen molar-refractivity contribution < 1.29 is 37.4 Å². The van der Waals surface area contributed by atoms with Gasteiger partial charge in [-0.1, -0.05) is 30.3 Å². The van der Waals surface area contributed by atoms with Gasteiger partial charge < -0.3 is 29.7 Å². The van der Waals surface area contributed by atoms with E-state index < -0.39 is 51.3 Å². The van der Waals surface area contributed by atoms with E-state index in [1.54, 1.807) is 56.0 Å². The van der Waals surface area contributed by atoms with E-state index in [0.717, 1.165) is 0 Å². The molecule has 3 atom stereocenters. The number of rotatable bonds is 8. The lowest BCUT2D eigenvalue weighted by Gasteiger charge is -2.30. The van der Waals surface area contributed by atoms with Crippen LogP contribution < -0.4 is 5.32 Å². The first-order valence-corrected chi connectivity index (χ1v) is 15.2. The summed E-state index contributed by atoms with van der Waals surface area (Å²) >= 11 is 0. The first-order valence-electron chi connectivity index (χ1n) is 13.4. The highest BCUT2D eigenvalue weighted by molar-refractivity contribution is 7.90. The van der Waals surface area contributed by atoms with E-state index in [4.69, 9.17) is 9.47 Å².